The third-order valence-corrected chi connectivity index (χ3v) is 5.37. The van der Waals surface area contributed by atoms with Crippen molar-refractivity contribution in [3.63, 3.8) is 0 Å². The Balaban J connectivity index is 1.54. The van der Waals surface area contributed by atoms with Gasteiger partial charge < -0.3 is 15.1 Å². The number of nitrogens with zero attached hydrogens (tertiary/aromatic N) is 3. The van der Waals surface area contributed by atoms with E-state index in [-0.39, 0.29) is 23.9 Å². The van der Waals surface area contributed by atoms with E-state index in [4.69, 9.17) is 0 Å². The predicted molar refractivity (Wildman–Crippen MR) is 89.2 cm³/mol. The van der Waals surface area contributed by atoms with Crippen molar-refractivity contribution in [3.8, 4) is 0 Å². The van der Waals surface area contributed by atoms with Gasteiger partial charge in [-0.2, -0.15) is 0 Å². The van der Waals surface area contributed by atoms with Crippen molar-refractivity contribution in [1.82, 2.24) is 20.1 Å². The number of hydrogen-bond donors (Lipinski definition) is 1. The van der Waals surface area contributed by atoms with Crippen LogP contribution in [0.1, 0.15) is 43.7 Å². The van der Waals surface area contributed by atoms with Crippen molar-refractivity contribution in [2.24, 2.45) is 5.92 Å². The molecule has 1 aromatic rings. The molecule has 1 aliphatic carbocycles. The van der Waals surface area contributed by atoms with Crippen LogP contribution in [0.3, 0.4) is 0 Å². The highest BCUT2D eigenvalue weighted by atomic mass is 32.1. The average molecular weight is 336 g/mol. The molecule has 3 amide bonds. The number of carbonyl (C=O) groups is 2. The molecular weight excluding hydrogens is 312 g/mol. The maximum atomic E-state index is 12.5. The maximum Gasteiger partial charge on any atom is 0.318 e. The molecule has 1 atom stereocenters. The molecular formula is C16H24N4O2S. The highest BCUT2D eigenvalue weighted by Gasteiger charge is 2.34. The van der Waals surface area contributed by atoms with Gasteiger partial charge in [-0.3, -0.25) is 4.79 Å². The van der Waals surface area contributed by atoms with Gasteiger partial charge >= 0.3 is 6.03 Å². The van der Waals surface area contributed by atoms with Gasteiger partial charge in [0.05, 0.1) is 6.04 Å². The number of aromatic nitrogens is 1. The van der Waals surface area contributed by atoms with Crippen molar-refractivity contribution >= 4 is 23.3 Å². The normalized spacial score (nSPS) is 20.0. The third-order valence-electron chi connectivity index (χ3n) is 4.48. The smallest absolute Gasteiger partial charge is 0.318 e. The van der Waals surface area contributed by atoms with E-state index < -0.39 is 0 Å². The van der Waals surface area contributed by atoms with Gasteiger partial charge in [0.25, 0.3) is 0 Å². The summed E-state index contributed by atoms with van der Waals surface area (Å²) < 4.78 is 0. The molecule has 1 saturated carbocycles. The molecule has 3 rings (SSSR count). The second-order valence-electron chi connectivity index (χ2n) is 6.22. The van der Waals surface area contributed by atoms with Crippen molar-refractivity contribution in [2.45, 2.75) is 38.6 Å². The molecule has 0 radical (unpaired) electrons. The molecule has 1 N–H and O–H groups in total. The Morgan fingerprint density at radius 1 is 1.30 bits per heavy atom. The van der Waals surface area contributed by atoms with E-state index >= 15 is 0 Å². The lowest BCUT2D eigenvalue weighted by Crippen LogP contribution is -2.43. The summed E-state index contributed by atoms with van der Waals surface area (Å²) in [6, 6.07) is -0.0808. The third kappa shape index (κ3) is 4.02. The van der Waals surface area contributed by atoms with Gasteiger partial charge in [0, 0.05) is 43.7 Å². The number of carbonyl (C=O) groups excluding carboxylic acids is 2. The van der Waals surface area contributed by atoms with Gasteiger partial charge in [0.15, 0.2) is 0 Å². The molecule has 126 valence electrons. The first-order valence-electron chi connectivity index (χ1n) is 8.42. The Morgan fingerprint density at radius 3 is 2.70 bits per heavy atom. The molecule has 2 aliphatic rings. The van der Waals surface area contributed by atoms with Crippen LogP contribution in [0.5, 0.6) is 0 Å². The second-order valence-corrected chi connectivity index (χ2v) is 7.15. The summed E-state index contributed by atoms with van der Waals surface area (Å²) >= 11 is 1.57. The molecule has 1 saturated heterocycles. The minimum Gasteiger partial charge on any atom is -0.341 e. The Hall–Kier alpha value is -1.63. The van der Waals surface area contributed by atoms with Crippen LogP contribution in [0, 0.1) is 5.92 Å². The van der Waals surface area contributed by atoms with Crippen molar-refractivity contribution < 1.29 is 9.59 Å². The highest BCUT2D eigenvalue weighted by molar-refractivity contribution is 7.09. The van der Waals surface area contributed by atoms with Crippen LogP contribution in [0.2, 0.25) is 0 Å². The van der Waals surface area contributed by atoms with E-state index in [0.29, 0.717) is 19.6 Å². The van der Waals surface area contributed by atoms with Crippen LogP contribution >= 0.6 is 11.3 Å². The zero-order valence-corrected chi connectivity index (χ0v) is 14.3. The van der Waals surface area contributed by atoms with Crippen LogP contribution in [0.4, 0.5) is 4.79 Å². The second kappa shape index (κ2) is 7.29. The lowest BCUT2D eigenvalue weighted by molar-refractivity contribution is -0.132. The molecule has 2 fully saturated rings. The Bertz CT molecular complexity index is 544. The lowest BCUT2D eigenvalue weighted by Gasteiger charge is -2.24. The Morgan fingerprint density at radius 2 is 2.04 bits per heavy atom. The highest BCUT2D eigenvalue weighted by Crippen LogP contribution is 2.31. The lowest BCUT2D eigenvalue weighted by atomic mass is 10.2. The fraction of sp³-hybridized carbons (Fsp3) is 0.688. The van der Waals surface area contributed by atoms with Gasteiger partial charge in [0.2, 0.25) is 5.91 Å². The summed E-state index contributed by atoms with van der Waals surface area (Å²) in [5.74, 6) is 0.534. The molecule has 7 heteroatoms. The van der Waals surface area contributed by atoms with E-state index in [2.05, 4.69) is 10.3 Å². The number of thiazole rings is 1. The zero-order chi connectivity index (χ0) is 16.2. The number of amides is 3. The summed E-state index contributed by atoms with van der Waals surface area (Å²) in [6.07, 6.45) is 5.50. The van der Waals surface area contributed by atoms with Crippen LogP contribution in [-0.4, -0.2) is 52.9 Å². The summed E-state index contributed by atoms with van der Waals surface area (Å²) in [6.45, 7) is 4.78. The monoisotopic (exact) mass is 336 g/mol. The van der Waals surface area contributed by atoms with E-state index in [1.54, 1.807) is 17.5 Å². The summed E-state index contributed by atoms with van der Waals surface area (Å²) in [5, 5.41) is 5.95. The number of nitrogens with one attached hydrogen (secondary N) is 1. The molecule has 23 heavy (non-hydrogen) atoms. The molecule has 1 aromatic heterocycles. The minimum atomic E-state index is -0.0484. The maximum absolute atomic E-state index is 12.5. The number of hydrogen-bond acceptors (Lipinski definition) is 4. The standard InChI is InChI=1S/C16H24N4O2S/c1-2-13(14-17-6-11-23-14)18-16(22)20-8-3-7-19(9-10-20)15(21)12-4-5-12/h6,11-13H,2-5,7-10H2,1H3,(H,18,22)/t13-/m0/s1. The van der Waals surface area contributed by atoms with Crippen LogP contribution < -0.4 is 5.32 Å². The van der Waals surface area contributed by atoms with E-state index in [1.807, 2.05) is 22.1 Å². The summed E-state index contributed by atoms with van der Waals surface area (Å²) in [4.78, 5) is 32.8. The van der Waals surface area contributed by atoms with Crippen LogP contribution in [0.25, 0.3) is 0 Å². The van der Waals surface area contributed by atoms with Crippen molar-refractivity contribution in [3.05, 3.63) is 16.6 Å². The first kappa shape index (κ1) is 16.2. The van der Waals surface area contributed by atoms with Gasteiger partial charge in [0.1, 0.15) is 5.01 Å². The average Bonchev–Trinajstić information content (AvgIpc) is 3.32. The van der Waals surface area contributed by atoms with Gasteiger partial charge in [-0.15, -0.1) is 11.3 Å². The van der Waals surface area contributed by atoms with E-state index in [0.717, 1.165) is 37.2 Å². The Kier molecular flexibility index (Phi) is 5.15. The first-order chi connectivity index (χ1) is 11.2. The molecule has 0 bridgehead atoms. The molecule has 6 nitrogen and oxygen atoms in total. The summed E-state index contributed by atoms with van der Waals surface area (Å²) in [7, 11) is 0. The summed E-state index contributed by atoms with van der Waals surface area (Å²) in [5.41, 5.74) is 0. The van der Waals surface area contributed by atoms with Crippen molar-refractivity contribution in [2.75, 3.05) is 26.2 Å². The number of rotatable bonds is 4. The van der Waals surface area contributed by atoms with Gasteiger partial charge in [-0.1, -0.05) is 6.92 Å². The largest absolute Gasteiger partial charge is 0.341 e. The van der Waals surface area contributed by atoms with Crippen LogP contribution in [-0.2, 0) is 4.79 Å². The zero-order valence-electron chi connectivity index (χ0n) is 13.5. The predicted octanol–water partition coefficient (Wildman–Crippen LogP) is 2.25. The topological polar surface area (TPSA) is 65.5 Å². The fourth-order valence-electron chi connectivity index (χ4n) is 2.91. The molecule has 0 unspecified atom stereocenters. The Labute approximate surface area is 140 Å². The van der Waals surface area contributed by atoms with Crippen LogP contribution in [0.15, 0.2) is 11.6 Å². The molecule has 2 heterocycles. The van der Waals surface area contributed by atoms with Gasteiger partial charge in [-0.05, 0) is 25.7 Å². The fourth-order valence-corrected chi connectivity index (χ4v) is 3.69. The van der Waals surface area contributed by atoms with E-state index in [9.17, 15) is 9.59 Å². The molecule has 0 aromatic carbocycles. The molecule has 1 aliphatic heterocycles. The number of urea groups is 1. The quantitative estimate of drug-likeness (QED) is 0.917. The van der Waals surface area contributed by atoms with Crippen molar-refractivity contribution in [1.29, 1.82) is 0 Å². The SMILES string of the molecule is CC[C@H](NC(=O)N1CCCN(C(=O)C2CC2)CC1)c1nccs1. The molecule has 0 spiro atoms. The van der Waals surface area contributed by atoms with E-state index in [1.165, 1.54) is 0 Å². The first-order valence-corrected chi connectivity index (χ1v) is 9.30. The minimum absolute atomic E-state index is 0.0325. The van der Waals surface area contributed by atoms with Gasteiger partial charge in [-0.25, -0.2) is 9.78 Å².